The standard InChI is InChI=1S/C15H18N4O2/c20-10-4-7-14(12-5-2-1-3-6-12)19-15(21)18-13-8-9-16-17-11-13/h1-3,5-6,8-9,11,14,20H,4,7,10H2,(H2,16,18,19,21). The van der Waals surface area contributed by atoms with Crippen molar-refractivity contribution in [2.45, 2.75) is 18.9 Å². The summed E-state index contributed by atoms with van der Waals surface area (Å²) in [5.41, 5.74) is 1.59. The highest BCUT2D eigenvalue weighted by molar-refractivity contribution is 5.89. The average Bonchev–Trinajstić information content (AvgIpc) is 2.53. The van der Waals surface area contributed by atoms with Crippen LogP contribution in [0.2, 0.25) is 0 Å². The fraction of sp³-hybridized carbons (Fsp3) is 0.267. The zero-order valence-electron chi connectivity index (χ0n) is 11.6. The number of nitrogens with one attached hydrogen (secondary N) is 2. The lowest BCUT2D eigenvalue weighted by molar-refractivity contribution is 0.244. The van der Waals surface area contributed by atoms with E-state index in [-0.39, 0.29) is 18.7 Å². The van der Waals surface area contributed by atoms with Crippen molar-refractivity contribution in [1.82, 2.24) is 15.5 Å². The lowest BCUT2D eigenvalue weighted by Crippen LogP contribution is -2.32. The van der Waals surface area contributed by atoms with Crippen LogP contribution in [0.25, 0.3) is 0 Å². The van der Waals surface area contributed by atoms with Gasteiger partial charge in [-0.2, -0.15) is 10.2 Å². The van der Waals surface area contributed by atoms with E-state index in [0.29, 0.717) is 18.5 Å². The molecule has 0 aliphatic rings. The van der Waals surface area contributed by atoms with E-state index in [9.17, 15) is 4.79 Å². The third kappa shape index (κ3) is 4.85. The number of urea groups is 1. The quantitative estimate of drug-likeness (QED) is 0.759. The van der Waals surface area contributed by atoms with Gasteiger partial charge in [0, 0.05) is 6.61 Å². The van der Waals surface area contributed by atoms with Crippen LogP contribution in [-0.2, 0) is 0 Å². The molecule has 1 atom stereocenters. The smallest absolute Gasteiger partial charge is 0.319 e. The fourth-order valence-corrected chi connectivity index (χ4v) is 1.99. The van der Waals surface area contributed by atoms with Crippen LogP contribution in [0.4, 0.5) is 10.5 Å². The number of nitrogens with zero attached hydrogens (tertiary/aromatic N) is 2. The van der Waals surface area contributed by atoms with Gasteiger partial charge in [0.1, 0.15) is 0 Å². The summed E-state index contributed by atoms with van der Waals surface area (Å²) in [6.45, 7) is 0.0981. The molecule has 0 aliphatic heterocycles. The number of amides is 2. The van der Waals surface area contributed by atoms with Gasteiger partial charge in [-0.15, -0.1) is 0 Å². The minimum Gasteiger partial charge on any atom is -0.396 e. The van der Waals surface area contributed by atoms with Crippen molar-refractivity contribution in [3.63, 3.8) is 0 Å². The normalized spacial score (nSPS) is 11.7. The third-order valence-corrected chi connectivity index (χ3v) is 3.00. The predicted molar refractivity (Wildman–Crippen MR) is 79.7 cm³/mol. The Labute approximate surface area is 123 Å². The molecule has 0 bridgehead atoms. The molecular formula is C15H18N4O2. The Morgan fingerprint density at radius 2 is 2.00 bits per heavy atom. The van der Waals surface area contributed by atoms with Gasteiger partial charge in [-0.05, 0) is 24.5 Å². The Morgan fingerprint density at radius 1 is 1.19 bits per heavy atom. The highest BCUT2D eigenvalue weighted by Crippen LogP contribution is 2.18. The van der Waals surface area contributed by atoms with E-state index in [1.807, 2.05) is 30.3 Å². The second kappa shape index (κ2) is 7.96. The number of carbonyl (C=O) groups excluding carboxylic acids is 1. The Morgan fingerprint density at radius 3 is 2.67 bits per heavy atom. The minimum absolute atomic E-state index is 0.0981. The van der Waals surface area contributed by atoms with Gasteiger partial charge in [0.25, 0.3) is 0 Å². The first-order chi connectivity index (χ1) is 10.3. The largest absolute Gasteiger partial charge is 0.396 e. The van der Waals surface area contributed by atoms with E-state index >= 15 is 0 Å². The van der Waals surface area contributed by atoms with Gasteiger partial charge >= 0.3 is 6.03 Å². The molecule has 1 aromatic carbocycles. The van der Waals surface area contributed by atoms with Crippen LogP contribution in [0.5, 0.6) is 0 Å². The van der Waals surface area contributed by atoms with Gasteiger partial charge < -0.3 is 15.7 Å². The van der Waals surface area contributed by atoms with E-state index in [0.717, 1.165) is 5.56 Å². The number of aromatic nitrogens is 2. The number of anilines is 1. The van der Waals surface area contributed by atoms with E-state index in [4.69, 9.17) is 5.11 Å². The van der Waals surface area contributed by atoms with Gasteiger partial charge in [-0.3, -0.25) is 0 Å². The Balaban J connectivity index is 1.99. The maximum absolute atomic E-state index is 12.0. The summed E-state index contributed by atoms with van der Waals surface area (Å²) in [6.07, 6.45) is 4.28. The molecule has 6 nitrogen and oxygen atoms in total. The number of carbonyl (C=O) groups is 1. The maximum atomic E-state index is 12.0. The number of hydrogen-bond acceptors (Lipinski definition) is 4. The van der Waals surface area contributed by atoms with Crippen molar-refractivity contribution in [2.24, 2.45) is 0 Å². The Hall–Kier alpha value is -2.47. The monoisotopic (exact) mass is 286 g/mol. The molecule has 21 heavy (non-hydrogen) atoms. The molecule has 1 heterocycles. The zero-order chi connectivity index (χ0) is 14.9. The molecule has 0 saturated heterocycles. The molecule has 0 saturated carbocycles. The lowest BCUT2D eigenvalue weighted by atomic mass is 10.0. The molecule has 0 radical (unpaired) electrons. The third-order valence-electron chi connectivity index (χ3n) is 3.00. The summed E-state index contributed by atoms with van der Waals surface area (Å²) < 4.78 is 0. The zero-order valence-corrected chi connectivity index (χ0v) is 11.6. The Bertz CT molecular complexity index is 548. The second-order valence-electron chi connectivity index (χ2n) is 4.56. The molecule has 2 aromatic rings. The summed E-state index contributed by atoms with van der Waals surface area (Å²) in [6, 6.07) is 10.9. The SMILES string of the molecule is O=C(Nc1ccnnc1)NC(CCCO)c1ccccc1. The van der Waals surface area contributed by atoms with Gasteiger partial charge in [0.2, 0.25) is 0 Å². The maximum Gasteiger partial charge on any atom is 0.319 e. The second-order valence-corrected chi connectivity index (χ2v) is 4.56. The van der Waals surface area contributed by atoms with Crippen molar-refractivity contribution in [1.29, 1.82) is 0 Å². The fourth-order valence-electron chi connectivity index (χ4n) is 1.99. The van der Waals surface area contributed by atoms with Crippen molar-refractivity contribution >= 4 is 11.7 Å². The van der Waals surface area contributed by atoms with Crippen molar-refractivity contribution in [3.8, 4) is 0 Å². The first-order valence-corrected chi connectivity index (χ1v) is 6.79. The molecule has 1 aromatic heterocycles. The van der Waals surface area contributed by atoms with Gasteiger partial charge in [0.05, 0.1) is 24.1 Å². The summed E-state index contributed by atoms with van der Waals surface area (Å²) in [7, 11) is 0. The summed E-state index contributed by atoms with van der Waals surface area (Å²) in [5, 5.41) is 21.9. The van der Waals surface area contributed by atoms with E-state index in [1.165, 1.54) is 12.4 Å². The van der Waals surface area contributed by atoms with E-state index in [2.05, 4.69) is 20.8 Å². The van der Waals surface area contributed by atoms with E-state index in [1.54, 1.807) is 6.07 Å². The van der Waals surface area contributed by atoms with Gasteiger partial charge in [0.15, 0.2) is 0 Å². The number of benzene rings is 1. The number of aliphatic hydroxyl groups is 1. The van der Waals surface area contributed by atoms with Crippen LogP contribution in [-0.4, -0.2) is 27.9 Å². The van der Waals surface area contributed by atoms with Crippen molar-refractivity contribution < 1.29 is 9.90 Å². The van der Waals surface area contributed by atoms with E-state index < -0.39 is 0 Å². The van der Waals surface area contributed by atoms with Crippen LogP contribution in [0.1, 0.15) is 24.4 Å². The van der Waals surface area contributed by atoms with Crippen LogP contribution < -0.4 is 10.6 Å². The first kappa shape index (κ1) is 14.9. The van der Waals surface area contributed by atoms with Crippen molar-refractivity contribution in [3.05, 3.63) is 54.4 Å². The predicted octanol–water partition coefficient (Wildman–Crippen LogP) is 2.11. The molecule has 110 valence electrons. The lowest BCUT2D eigenvalue weighted by Gasteiger charge is -2.19. The number of rotatable bonds is 6. The van der Waals surface area contributed by atoms with Crippen LogP contribution in [0, 0.1) is 0 Å². The molecule has 2 rings (SSSR count). The number of hydrogen-bond donors (Lipinski definition) is 3. The number of aliphatic hydroxyl groups excluding tert-OH is 1. The van der Waals surface area contributed by atoms with Gasteiger partial charge in [-0.25, -0.2) is 4.79 Å². The Kier molecular flexibility index (Phi) is 5.66. The molecular weight excluding hydrogens is 268 g/mol. The molecule has 0 spiro atoms. The van der Waals surface area contributed by atoms with Gasteiger partial charge in [-0.1, -0.05) is 30.3 Å². The molecule has 1 unspecified atom stereocenters. The topological polar surface area (TPSA) is 87.1 Å². The summed E-state index contributed by atoms with van der Waals surface area (Å²) in [4.78, 5) is 12.0. The van der Waals surface area contributed by atoms with Crippen LogP contribution >= 0.6 is 0 Å². The molecule has 3 N–H and O–H groups in total. The molecule has 2 amide bonds. The average molecular weight is 286 g/mol. The highest BCUT2D eigenvalue weighted by atomic mass is 16.3. The summed E-state index contributed by atoms with van der Waals surface area (Å²) in [5.74, 6) is 0. The van der Waals surface area contributed by atoms with Crippen molar-refractivity contribution in [2.75, 3.05) is 11.9 Å². The minimum atomic E-state index is -0.310. The summed E-state index contributed by atoms with van der Waals surface area (Å²) >= 11 is 0. The first-order valence-electron chi connectivity index (χ1n) is 6.79. The van der Waals surface area contributed by atoms with Crippen LogP contribution in [0.15, 0.2) is 48.8 Å². The highest BCUT2D eigenvalue weighted by Gasteiger charge is 2.14. The molecule has 0 fully saturated rings. The molecule has 6 heteroatoms. The molecule has 0 aliphatic carbocycles. The van der Waals surface area contributed by atoms with Crippen LogP contribution in [0.3, 0.4) is 0 Å².